The van der Waals surface area contributed by atoms with E-state index in [1.54, 1.807) is 19.1 Å². The van der Waals surface area contributed by atoms with Gasteiger partial charge in [0.1, 0.15) is 0 Å². The lowest BCUT2D eigenvalue weighted by molar-refractivity contribution is 0.0941. The van der Waals surface area contributed by atoms with E-state index >= 15 is 0 Å². The van der Waals surface area contributed by atoms with E-state index in [-0.39, 0.29) is 17.6 Å². The summed E-state index contributed by atoms with van der Waals surface area (Å²) >= 11 is 0. The molecule has 1 fully saturated rings. The number of alkyl halides is 2. The van der Waals surface area contributed by atoms with Crippen LogP contribution in [0, 0.1) is 0 Å². The van der Waals surface area contributed by atoms with Crippen LogP contribution in [0.15, 0.2) is 28.9 Å². The lowest BCUT2D eigenvalue weighted by Gasteiger charge is -2.19. The molecule has 2 aromatic heterocycles. The molecule has 0 N–H and O–H groups in total. The zero-order valence-corrected chi connectivity index (χ0v) is 12.0. The first kappa shape index (κ1) is 14.6. The lowest BCUT2D eigenvalue weighted by atomic mass is 10.2. The van der Waals surface area contributed by atoms with Crippen molar-refractivity contribution in [3.05, 3.63) is 41.9 Å². The number of carbonyl (C=O) groups is 1. The summed E-state index contributed by atoms with van der Waals surface area (Å²) in [6.45, 7) is 2.09. The lowest BCUT2D eigenvalue weighted by Crippen LogP contribution is -2.31. The van der Waals surface area contributed by atoms with E-state index in [0.29, 0.717) is 12.2 Å². The second-order valence-electron chi connectivity index (χ2n) is 5.10. The van der Waals surface area contributed by atoms with Gasteiger partial charge in [-0.2, -0.15) is 0 Å². The summed E-state index contributed by atoms with van der Waals surface area (Å²) in [5.74, 6) is -0.668. The highest BCUT2D eigenvalue weighted by molar-refractivity contribution is 6.04. The van der Waals surface area contributed by atoms with Crippen molar-refractivity contribution in [1.29, 1.82) is 0 Å². The van der Waals surface area contributed by atoms with Crippen molar-refractivity contribution in [1.82, 2.24) is 9.97 Å². The molecule has 2 heterocycles. The van der Waals surface area contributed by atoms with E-state index in [4.69, 9.17) is 4.42 Å². The fraction of sp³-hybridized carbons (Fsp3) is 0.400. The molecule has 0 bridgehead atoms. The zero-order chi connectivity index (χ0) is 15.7. The van der Waals surface area contributed by atoms with Crippen molar-refractivity contribution in [2.75, 3.05) is 11.4 Å². The minimum absolute atomic E-state index is 0.0649. The number of rotatable bonds is 5. The Morgan fingerprint density at radius 2 is 2.09 bits per heavy atom. The summed E-state index contributed by atoms with van der Waals surface area (Å²) in [5.41, 5.74) is 0.00601. The molecule has 7 heteroatoms. The summed E-state index contributed by atoms with van der Waals surface area (Å²) in [6, 6.07) is 3.28. The Balaban J connectivity index is 1.96. The van der Waals surface area contributed by atoms with Gasteiger partial charge in [-0.1, -0.05) is 0 Å². The number of hydrogen-bond acceptors (Lipinski definition) is 4. The first-order chi connectivity index (χ1) is 10.6. The van der Waals surface area contributed by atoms with E-state index in [2.05, 4.69) is 9.97 Å². The van der Waals surface area contributed by atoms with Crippen molar-refractivity contribution in [2.24, 2.45) is 0 Å². The van der Waals surface area contributed by atoms with Crippen molar-refractivity contribution >= 4 is 11.6 Å². The van der Waals surface area contributed by atoms with Crippen LogP contribution in [0.5, 0.6) is 0 Å². The molecule has 0 radical (unpaired) electrons. The normalized spacial score (nSPS) is 14.4. The third-order valence-corrected chi connectivity index (χ3v) is 3.53. The first-order valence-electron chi connectivity index (χ1n) is 7.12. The van der Waals surface area contributed by atoms with Gasteiger partial charge in [-0.3, -0.25) is 9.78 Å². The Kier molecular flexibility index (Phi) is 3.87. The third kappa shape index (κ3) is 2.70. The van der Waals surface area contributed by atoms with Gasteiger partial charge in [0.05, 0.1) is 0 Å². The van der Waals surface area contributed by atoms with Crippen LogP contribution in [-0.4, -0.2) is 22.4 Å². The van der Waals surface area contributed by atoms with E-state index in [1.165, 1.54) is 17.3 Å². The number of anilines is 1. The number of nitrogens with zero attached hydrogens (tertiary/aromatic N) is 3. The van der Waals surface area contributed by atoms with Crippen molar-refractivity contribution < 1.29 is 18.0 Å². The molecule has 0 spiro atoms. The highest BCUT2D eigenvalue weighted by atomic mass is 19.3. The van der Waals surface area contributed by atoms with Crippen LogP contribution in [0.1, 0.15) is 54.2 Å². The van der Waals surface area contributed by atoms with Gasteiger partial charge in [-0.25, -0.2) is 13.8 Å². The molecular formula is C15H15F2N3O2. The van der Waals surface area contributed by atoms with Gasteiger partial charge in [-0.05, 0) is 31.9 Å². The largest absolute Gasteiger partial charge is 0.435 e. The average molecular weight is 307 g/mol. The Morgan fingerprint density at radius 1 is 1.41 bits per heavy atom. The fourth-order valence-electron chi connectivity index (χ4n) is 2.25. The molecule has 3 rings (SSSR count). The maximum atomic E-state index is 13.2. The molecule has 1 saturated carbocycles. The number of amides is 1. The summed E-state index contributed by atoms with van der Waals surface area (Å²) in [4.78, 5) is 21.7. The maximum absolute atomic E-state index is 13.2. The van der Waals surface area contributed by atoms with Crippen molar-refractivity contribution in [2.45, 2.75) is 32.1 Å². The standard InChI is InChI=1S/C15H15F2N3O2/c1-2-20(10-5-7-18-8-6-10)15(21)12-11(13(16)17)19-14(22-12)9-3-4-9/h5-9,13H,2-4H2,1H3. The molecule has 0 unspecified atom stereocenters. The van der Waals surface area contributed by atoms with Gasteiger partial charge in [0.25, 0.3) is 12.3 Å². The first-order valence-corrected chi connectivity index (χ1v) is 7.12. The minimum Gasteiger partial charge on any atom is -0.435 e. The monoisotopic (exact) mass is 307 g/mol. The van der Waals surface area contributed by atoms with Crippen LogP contribution in [0.4, 0.5) is 14.5 Å². The molecule has 1 aliphatic carbocycles. The zero-order valence-electron chi connectivity index (χ0n) is 12.0. The van der Waals surface area contributed by atoms with Gasteiger partial charge in [-0.15, -0.1) is 0 Å². The number of pyridine rings is 1. The van der Waals surface area contributed by atoms with Crippen molar-refractivity contribution in [3.8, 4) is 0 Å². The summed E-state index contributed by atoms with van der Waals surface area (Å²) in [7, 11) is 0. The number of halogens is 2. The van der Waals surface area contributed by atoms with E-state index in [0.717, 1.165) is 12.8 Å². The van der Waals surface area contributed by atoms with Gasteiger partial charge in [0.15, 0.2) is 11.6 Å². The Bertz CT molecular complexity index is 669. The Labute approximate surface area is 126 Å². The molecule has 0 aliphatic heterocycles. The summed E-state index contributed by atoms with van der Waals surface area (Å²) < 4.78 is 31.7. The molecule has 0 atom stereocenters. The van der Waals surface area contributed by atoms with E-state index < -0.39 is 18.0 Å². The number of hydrogen-bond donors (Lipinski definition) is 0. The molecule has 116 valence electrons. The highest BCUT2D eigenvalue weighted by Crippen LogP contribution is 2.41. The second-order valence-corrected chi connectivity index (χ2v) is 5.10. The van der Waals surface area contributed by atoms with Crippen LogP contribution in [0.2, 0.25) is 0 Å². The quantitative estimate of drug-likeness (QED) is 0.847. The number of oxazole rings is 1. The van der Waals surface area contributed by atoms with Gasteiger partial charge in [0, 0.05) is 30.5 Å². The number of aromatic nitrogens is 2. The molecule has 1 aliphatic rings. The van der Waals surface area contributed by atoms with Crippen LogP contribution in [-0.2, 0) is 0 Å². The van der Waals surface area contributed by atoms with E-state index in [9.17, 15) is 13.6 Å². The molecule has 0 saturated heterocycles. The summed E-state index contributed by atoms with van der Waals surface area (Å²) in [5, 5.41) is 0. The molecule has 1 amide bonds. The van der Waals surface area contributed by atoms with Gasteiger partial charge in [0.2, 0.25) is 5.76 Å². The molecule has 5 nitrogen and oxygen atoms in total. The molecule has 22 heavy (non-hydrogen) atoms. The Morgan fingerprint density at radius 3 is 2.64 bits per heavy atom. The average Bonchev–Trinajstić information content (AvgIpc) is 3.27. The molecular weight excluding hydrogens is 292 g/mol. The van der Waals surface area contributed by atoms with E-state index in [1.807, 2.05) is 0 Å². The highest BCUT2D eigenvalue weighted by Gasteiger charge is 2.35. The smallest absolute Gasteiger partial charge is 0.296 e. The van der Waals surface area contributed by atoms with Crippen LogP contribution in [0.25, 0.3) is 0 Å². The predicted octanol–water partition coefficient (Wildman–Crippen LogP) is 3.55. The SMILES string of the molecule is CCN(C(=O)c1oc(C2CC2)nc1C(F)F)c1ccncc1. The Hall–Kier alpha value is -2.31. The maximum Gasteiger partial charge on any atom is 0.296 e. The molecule has 0 aromatic carbocycles. The number of carbonyl (C=O) groups excluding carboxylic acids is 1. The van der Waals surface area contributed by atoms with Crippen LogP contribution in [0.3, 0.4) is 0 Å². The fourth-order valence-corrected chi connectivity index (χ4v) is 2.25. The van der Waals surface area contributed by atoms with Gasteiger partial charge < -0.3 is 9.32 Å². The summed E-state index contributed by atoms with van der Waals surface area (Å²) in [6.07, 6.45) is 1.95. The van der Waals surface area contributed by atoms with Crippen LogP contribution >= 0.6 is 0 Å². The van der Waals surface area contributed by atoms with Gasteiger partial charge >= 0.3 is 0 Å². The minimum atomic E-state index is -2.84. The predicted molar refractivity (Wildman–Crippen MR) is 75.0 cm³/mol. The topological polar surface area (TPSA) is 59.2 Å². The second kappa shape index (κ2) is 5.82. The third-order valence-electron chi connectivity index (χ3n) is 3.53. The van der Waals surface area contributed by atoms with Crippen LogP contribution < -0.4 is 4.90 Å². The van der Waals surface area contributed by atoms with Crippen molar-refractivity contribution in [3.63, 3.8) is 0 Å². The molecule has 2 aromatic rings.